The van der Waals surface area contributed by atoms with E-state index in [9.17, 15) is 9.59 Å². The van der Waals surface area contributed by atoms with Crippen LogP contribution in [0.1, 0.15) is 28.3 Å². The maximum Gasteiger partial charge on any atom is 0.417 e. The molecule has 1 unspecified atom stereocenters. The minimum atomic E-state index is -0.904. The second kappa shape index (κ2) is 12.5. The molecule has 4 rings (SSSR count). The van der Waals surface area contributed by atoms with Crippen molar-refractivity contribution < 1.29 is 14.3 Å². The van der Waals surface area contributed by atoms with Crippen LogP contribution in [0.4, 0.5) is 4.79 Å². The summed E-state index contributed by atoms with van der Waals surface area (Å²) in [4.78, 5) is 28.6. The summed E-state index contributed by atoms with van der Waals surface area (Å²) in [5, 5.41) is 0. The molecule has 0 aliphatic rings. The van der Waals surface area contributed by atoms with Crippen LogP contribution in [-0.4, -0.2) is 22.9 Å². The molecule has 182 valence electrons. The molecule has 4 aromatic rings. The van der Waals surface area contributed by atoms with Crippen LogP contribution < -0.4 is 5.73 Å². The molecule has 0 aromatic heterocycles. The van der Waals surface area contributed by atoms with Crippen molar-refractivity contribution in [3.63, 3.8) is 0 Å². The van der Waals surface area contributed by atoms with Gasteiger partial charge in [-0.15, -0.1) is 0 Å². The van der Waals surface area contributed by atoms with Crippen LogP contribution in [0.3, 0.4) is 0 Å². The van der Waals surface area contributed by atoms with E-state index in [1.807, 2.05) is 121 Å². The highest BCUT2D eigenvalue weighted by atomic mass is 16.6. The van der Waals surface area contributed by atoms with Gasteiger partial charge in [-0.1, -0.05) is 121 Å². The monoisotopic (exact) mass is 478 g/mol. The summed E-state index contributed by atoms with van der Waals surface area (Å²) in [5.41, 5.74) is 10.00. The number of carbonyl (C=O) groups excluding carboxylic acids is 2. The van der Waals surface area contributed by atoms with E-state index in [1.54, 1.807) is 0 Å². The van der Waals surface area contributed by atoms with Crippen LogP contribution in [-0.2, 0) is 29.0 Å². The van der Waals surface area contributed by atoms with Gasteiger partial charge in [0, 0.05) is 0 Å². The molecule has 5 nitrogen and oxygen atoms in total. The summed E-state index contributed by atoms with van der Waals surface area (Å²) in [7, 11) is 0. The second-order valence-electron chi connectivity index (χ2n) is 8.66. The molecule has 4 aromatic carbocycles. The topological polar surface area (TPSA) is 72.6 Å². The van der Waals surface area contributed by atoms with Crippen LogP contribution in [0.2, 0.25) is 0 Å². The first-order chi connectivity index (χ1) is 17.6. The van der Waals surface area contributed by atoms with E-state index in [2.05, 4.69) is 0 Å². The van der Waals surface area contributed by atoms with E-state index < -0.39 is 24.1 Å². The first kappa shape index (κ1) is 24.9. The molecule has 2 atom stereocenters. The van der Waals surface area contributed by atoms with Crippen LogP contribution in [0.25, 0.3) is 0 Å². The van der Waals surface area contributed by atoms with Crippen molar-refractivity contribution in [2.75, 3.05) is 0 Å². The van der Waals surface area contributed by atoms with Crippen molar-refractivity contribution in [1.29, 1.82) is 0 Å². The standard InChI is InChI=1S/C31H30N2O3/c32-28(21-24-13-5-1-6-14-24)30(34)33(31(35)36-23-26-17-9-3-10-18-26)29(27-19-11-4-12-20-27)22-25-15-7-2-8-16-25/h1-20,28-29H,21-23,32H2/t28-,29?/m0/s1. The summed E-state index contributed by atoms with van der Waals surface area (Å²) >= 11 is 0. The molecule has 0 saturated carbocycles. The van der Waals surface area contributed by atoms with Crippen molar-refractivity contribution in [2.45, 2.75) is 31.5 Å². The number of ether oxygens (including phenoxy) is 1. The normalized spacial score (nSPS) is 12.4. The highest BCUT2D eigenvalue weighted by Crippen LogP contribution is 2.27. The first-order valence-electron chi connectivity index (χ1n) is 12.0. The van der Waals surface area contributed by atoms with Gasteiger partial charge in [-0.05, 0) is 35.1 Å². The molecule has 0 spiro atoms. The Hall–Kier alpha value is -4.22. The lowest BCUT2D eigenvalue weighted by Crippen LogP contribution is -2.50. The van der Waals surface area contributed by atoms with Gasteiger partial charge in [-0.2, -0.15) is 0 Å². The van der Waals surface area contributed by atoms with Crippen molar-refractivity contribution >= 4 is 12.0 Å². The fourth-order valence-electron chi connectivity index (χ4n) is 4.16. The van der Waals surface area contributed by atoms with Crippen LogP contribution in [0.5, 0.6) is 0 Å². The Morgan fingerprint density at radius 2 is 1.08 bits per heavy atom. The number of rotatable bonds is 9. The van der Waals surface area contributed by atoms with Crippen LogP contribution in [0, 0.1) is 0 Å². The van der Waals surface area contributed by atoms with Gasteiger partial charge in [-0.25, -0.2) is 9.69 Å². The number of amides is 2. The lowest BCUT2D eigenvalue weighted by molar-refractivity contribution is -0.133. The summed E-state index contributed by atoms with van der Waals surface area (Å²) in [6.07, 6.45) is 0.0431. The van der Waals surface area contributed by atoms with E-state index >= 15 is 0 Å². The Labute approximate surface area is 212 Å². The van der Waals surface area contributed by atoms with E-state index in [-0.39, 0.29) is 6.61 Å². The zero-order valence-corrected chi connectivity index (χ0v) is 20.1. The zero-order chi connectivity index (χ0) is 25.2. The summed E-state index contributed by atoms with van der Waals surface area (Å²) in [6.45, 7) is 0.0597. The molecule has 0 radical (unpaired) electrons. The van der Waals surface area contributed by atoms with Gasteiger partial charge >= 0.3 is 6.09 Å². The van der Waals surface area contributed by atoms with E-state index in [1.165, 1.54) is 4.90 Å². The summed E-state index contributed by atoms with van der Waals surface area (Å²) < 4.78 is 5.66. The van der Waals surface area contributed by atoms with Gasteiger partial charge in [0.1, 0.15) is 6.61 Å². The van der Waals surface area contributed by atoms with Gasteiger partial charge in [-0.3, -0.25) is 4.79 Å². The quantitative estimate of drug-likeness (QED) is 0.335. The minimum Gasteiger partial charge on any atom is -0.444 e. The van der Waals surface area contributed by atoms with Gasteiger partial charge in [0.2, 0.25) is 5.91 Å². The Kier molecular flexibility index (Phi) is 8.62. The molecular formula is C31H30N2O3. The Morgan fingerprint density at radius 1 is 0.639 bits per heavy atom. The van der Waals surface area contributed by atoms with Gasteiger partial charge < -0.3 is 10.5 Å². The molecular weight excluding hydrogens is 448 g/mol. The maximum absolute atomic E-state index is 13.8. The second-order valence-corrected chi connectivity index (χ2v) is 8.66. The van der Waals surface area contributed by atoms with Gasteiger partial charge in [0.05, 0.1) is 12.1 Å². The third-order valence-electron chi connectivity index (χ3n) is 6.02. The minimum absolute atomic E-state index is 0.0597. The third kappa shape index (κ3) is 6.68. The molecule has 0 aliphatic carbocycles. The molecule has 0 saturated heterocycles. The van der Waals surface area contributed by atoms with Gasteiger partial charge in [0.25, 0.3) is 0 Å². The molecule has 0 heterocycles. The SMILES string of the molecule is N[C@@H](Cc1ccccc1)C(=O)N(C(=O)OCc1ccccc1)C(Cc1ccccc1)c1ccccc1. The maximum atomic E-state index is 13.8. The highest BCUT2D eigenvalue weighted by molar-refractivity contribution is 5.95. The fourth-order valence-corrected chi connectivity index (χ4v) is 4.16. The summed E-state index contributed by atoms with van der Waals surface area (Å²) in [6, 6.07) is 36.8. The predicted octanol–water partition coefficient (Wildman–Crippen LogP) is 5.71. The number of imide groups is 1. The number of hydrogen-bond donors (Lipinski definition) is 1. The molecule has 2 amide bonds. The van der Waals surface area contributed by atoms with Crippen LogP contribution >= 0.6 is 0 Å². The summed E-state index contributed by atoms with van der Waals surface area (Å²) in [5.74, 6) is -0.471. The number of nitrogens with two attached hydrogens (primary N) is 1. The van der Waals surface area contributed by atoms with Crippen molar-refractivity contribution in [1.82, 2.24) is 4.90 Å². The Balaban J connectivity index is 1.66. The number of benzene rings is 4. The highest BCUT2D eigenvalue weighted by Gasteiger charge is 2.35. The van der Waals surface area contributed by atoms with E-state index in [4.69, 9.17) is 10.5 Å². The average molecular weight is 479 g/mol. The molecule has 36 heavy (non-hydrogen) atoms. The van der Waals surface area contributed by atoms with Crippen molar-refractivity contribution in [3.05, 3.63) is 144 Å². The third-order valence-corrected chi connectivity index (χ3v) is 6.02. The number of hydrogen-bond acceptors (Lipinski definition) is 4. The first-order valence-corrected chi connectivity index (χ1v) is 12.0. The van der Waals surface area contributed by atoms with Crippen molar-refractivity contribution in [2.24, 2.45) is 5.73 Å². The molecule has 5 heteroatoms. The molecule has 2 N–H and O–H groups in total. The molecule has 0 bridgehead atoms. The van der Waals surface area contributed by atoms with E-state index in [0.29, 0.717) is 12.8 Å². The van der Waals surface area contributed by atoms with E-state index in [0.717, 1.165) is 22.3 Å². The molecule has 0 aliphatic heterocycles. The fraction of sp³-hybridized carbons (Fsp3) is 0.161. The Bertz CT molecular complexity index is 1230. The smallest absolute Gasteiger partial charge is 0.417 e. The molecule has 0 fully saturated rings. The lowest BCUT2D eigenvalue weighted by atomic mass is 9.96. The Morgan fingerprint density at radius 3 is 1.61 bits per heavy atom. The zero-order valence-electron chi connectivity index (χ0n) is 20.1. The number of carbonyl (C=O) groups is 2. The van der Waals surface area contributed by atoms with Crippen LogP contribution in [0.15, 0.2) is 121 Å². The lowest BCUT2D eigenvalue weighted by Gasteiger charge is -2.32. The average Bonchev–Trinajstić information content (AvgIpc) is 2.93. The largest absolute Gasteiger partial charge is 0.444 e. The van der Waals surface area contributed by atoms with Crippen molar-refractivity contribution in [3.8, 4) is 0 Å². The van der Waals surface area contributed by atoms with Gasteiger partial charge in [0.15, 0.2) is 0 Å². The predicted molar refractivity (Wildman–Crippen MR) is 141 cm³/mol. The number of nitrogens with zero attached hydrogens (tertiary/aromatic N) is 1.